The van der Waals surface area contributed by atoms with E-state index in [0.29, 0.717) is 37.7 Å². The van der Waals surface area contributed by atoms with E-state index in [1.807, 2.05) is 18.7 Å². The van der Waals surface area contributed by atoms with Gasteiger partial charge in [-0.3, -0.25) is 0 Å². The average Bonchev–Trinajstić information content (AvgIpc) is 2.36. The predicted molar refractivity (Wildman–Crippen MR) is 68.1 cm³/mol. The van der Waals surface area contributed by atoms with E-state index < -0.39 is 0 Å². The van der Waals surface area contributed by atoms with E-state index in [1.54, 1.807) is 12.3 Å². The standard InChI is InChI=1S/C12H18ClFN2O/c1-3-16(7-8-17-4-2)12-11(14)10(9-13)5-6-15-12/h5-6H,3-4,7-9H2,1-2H3. The van der Waals surface area contributed by atoms with Gasteiger partial charge < -0.3 is 9.64 Å². The zero-order chi connectivity index (χ0) is 12.7. The Kier molecular flexibility index (Phi) is 6.22. The largest absolute Gasteiger partial charge is 0.380 e. The van der Waals surface area contributed by atoms with Gasteiger partial charge in [0.1, 0.15) is 0 Å². The monoisotopic (exact) mass is 260 g/mol. The summed E-state index contributed by atoms with van der Waals surface area (Å²) in [6.45, 7) is 6.43. The van der Waals surface area contributed by atoms with Crippen molar-refractivity contribution in [1.82, 2.24) is 4.98 Å². The number of pyridine rings is 1. The molecule has 0 bridgehead atoms. The van der Waals surface area contributed by atoms with Gasteiger partial charge >= 0.3 is 0 Å². The van der Waals surface area contributed by atoms with E-state index in [2.05, 4.69) is 4.98 Å². The average molecular weight is 261 g/mol. The molecule has 17 heavy (non-hydrogen) atoms. The van der Waals surface area contributed by atoms with Gasteiger partial charge in [0.05, 0.1) is 12.5 Å². The normalized spacial score (nSPS) is 10.6. The van der Waals surface area contributed by atoms with E-state index in [9.17, 15) is 4.39 Å². The zero-order valence-corrected chi connectivity index (χ0v) is 11.0. The molecule has 0 N–H and O–H groups in total. The van der Waals surface area contributed by atoms with Gasteiger partial charge in [-0.1, -0.05) is 0 Å². The quantitative estimate of drug-likeness (QED) is 0.557. The minimum Gasteiger partial charge on any atom is -0.380 e. The van der Waals surface area contributed by atoms with E-state index in [1.165, 1.54) is 0 Å². The summed E-state index contributed by atoms with van der Waals surface area (Å²) in [7, 11) is 0. The van der Waals surface area contributed by atoms with Gasteiger partial charge in [0.15, 0.2) is 11.6 Å². The fourth-order valence-electron chi connectivity index (χ4n) is 1.53. The highest BCUT2D eigenvalue weighted by Gasteiger charge is 2.14. The predicted octanol–water partition coefficient (Wildman–Crippen LogP) is 2.82. The number of anilines is 1. The second-order valence-electron chi connectivity index (χ2n) is 3.52. The van der Waals surface area contributed by atoms with Crippen LogP contribution in [0.3, 0.4) is 0 Å². The van der Waals surface area contributed by atoms with E-state index in [-0.39, 0.29) is 11.7 Å². The molecule has 0 aliphatic rings. The molecule has 96 valence electrons. The molecule has 1 heterocycles. The van der Waals surface area contributed by atoms with Crippen LogP contribution in [0.25, 0.3) is 0 Å². The number of hydrogen-bond donors (Lipinski definition) is 0. The fraction of sp³-hybridized carbons (Fsp3) is 0.583. The van der Waals surface area contributed by atoms with Gasteiger partial charge in [-0.25, -0.2) is 9.37 Å². The number of alkyl halides is 1. The lowest BCUT2D eigenvalue weighted by molar-refractivity contribution is 0.154. The van der Waals surface area contributed by atoms with Crippen LogP contribution in [-0.2, 0) is 10.6 Å². The van der Waals surface area contributed by atoms with Crippen molar-refractivity contribution in [3.63, 3.8) is 0 Å². The number of ether oxygens (including phenoxy) is 1. The van der Waals surface area contributed by atoms with Crippen LogP contribution in [0.2, 0.25) is 0 Å². The van der Waals surface area contributed by atoms with Crippen molar-refractivity contribution in [2.45, 2.75) is 19.7 Å². The molecule has 0 fully saturated rings. The molecular formula is C12H18ClFN2O. The van der Waals surface area contributed by atoms with E-state index in [4.69, 9.17) is 16.3 Å². The lowest BCUT2D eigenvalue weighted by Gasteiger charge is -2.22. The minimum atomic E-state index is -0.333. The van der Waals surface area contributed by atoms with Crippen molar-refractivity contribution >= 4 is 17.4 Å². The molecule has 0 radical (unpaired) electrons. The van der Waals surface area contributed by atoms with Gasteiger partial charge in [-0.2, -0.15) is 0 Å². The molecule has 0 saturated carbocycles. The first kappa shape index (κ1) is 14.2. The Morgan fingerprint density at radius 2 is 2.24 bits per heavy atom. The molecule has 0 amide bonds. The maximum absolute atomic E-state index is 14.0. The summed E-state index contributed by atoms with van der Waals surface area (Å²) in [5, 5.41) is 0. The Morgan fingerprint density at radius 1 is 1.47 bits per heavy atom. The van der Waals surface area contributed by atoms with Gasteiger partial charge in [-0.05, 0) is 19.9 Å². The van der Waals surface area contributed by atoms with E-state index >= 15 is 0 Å². The molecule has 1 rings (SSSR count). The number of likely N-dealkylation sites (N-methyl/N-ethyl adjacent to an activating group) is 1. The Balaban J connectivity index is 2.80. The van der Waals surface area contributed by atoms with Crippen LogP contribution in [0.5, 0.6) is 0 Å². The number of hydrogen-bond acceptors (Lipinski definition) is 3. The number of nitrogens with zero attached hydrogens (tertiary/aromatic N) is 2. The first-order valence-electron chi connectivity index (χ1n) is 5.76. The summed E-state index contributed by atoms with van der Waals surface area (Å²) in [5.41, 5.74) is 0.478. The summed E-state index contributed by atoms with van der Waals surface area (Å²) in [6.07, 6.45) is 1.58. The summed E-state index contributed by atoms with van der Waals surface area (Å²) in [5.74, 6) is 0.177. The second-order valence-corrected chi connectivity index (χ2v) is 3.79. The fourth-order valence-corrected chi connectivity index (χ4v) is 1.73. The highest BCUT2D eigenvalue weighted by atomic mass is 35.5. The van der Waals surface area contributed by atoms with Crippen molar-refractivity contribution in [2.24, 2.45) is 0 Å². The molecule has 0 aliphatic heterocycles. The second kappa shape index (κ2) is 7.45. The Labute approximate surface area is 107 Å². The van der Waals surface area contributed by atoms with Crippen molar-refractivity contribution in [3.8, 4) is 0 Å². The molecule has 3 nitrogen and oxygen atoms in total. The summed E-state index contributed by atoms with van der Waals surface area (Å²) in [4.78, 5) is 5.92. The third kappa shape index (κ3) is 3.82. The summed E-state index contributed by atoms with van der Waals surface area (Å²) < 4.78 is 19.3. The highest BCUT2D eigenvalue weighted by molar-refractivity contribution is 6.17. The van der Waals surface area contributed by atoms with Crippen LogP contribution in [0, 0.1) is 5.82 Å². The molecule has 0 saturated heterocycles. The lowest BCUT2D eigenvalue weighted by Crippen LogP contribution is -2.29. The molecule has 5 heteroatoms. The molecule has 0 spiro atoms. The van der Waals surface area contributed by atoms with Gasteiger partial charge in [-0.15, -0.1) is 11.6 Å². The molecule has 0 atom stereocenters. The first-order valence-corrected chi connectivity index (χ1v) is 6.30. The Hall–Kier alpha value is -0.870. The highest BCUT2D eigenvalue weighted by Crippen LogP contribution is 2.20. The van der Waals surface area contributed by atoms with Crippen LogP contribution < -0.4 is 4.90 Å². The van der Waals surface area contributed by atoms with Gasteiger partial charge in [0.25, 0.3) is 0 Å². The third-order valence-electron chi connectivity index (χ3n) is 2.49. The number of aromatic nitrogens is 1. The SMILES string of the molecule is CCOCCN(CC)c1nccc(CCl)c1F. The van der Waals surface area contributed by atoms with Crippen LogP contribution in [0.1, 0.15) is 19.4 Å². The van der Waals surface area contributed by atoms with Crippen LogP contribution in [-0.4, -0.2) is 31.3 Å². The molecule has 0 aromatic carbocycles. The van der Waals surface area contributed by atoms with Crippen LogP contribution in [0.4, 0.5) is 10.2 Å². The number of rotatable bonds is 7. The van der Waals surface area contributed by atoms with Crippen LogP contribution in [0.15, 0.2) is 12.3 Å². The van der Waals surface area contributed by atoms with E-state index in [0.717, 1.165) is 0 Å². The topological polar surface area (TPSA) is 25.4 Å². The molecule has 0 unspecified atom stereocenters. The van der Waals surface area contributed by atoms with Gasteiger partial charge in [0.2, 0.25) is 0 Å². The Morgan fingerprint density at radius 3 is 2.82 bits per heavy atom. The summed E-state index contributed by atoms with van der Waals surface area (Å²) in [6, 6.07) is 1.60. The molecule has 1 aromatic rings. The van der Waals surface area contributed by atoms with Crippen molar-refractivity contribution in [3.05, 3.63) is 23.6 Å². The third-order valence-corrected chi connectivity index (χ3v) is 2.77. The minimum absolute atomic E-state index is 0.157. The van der Waals surface area contributed by atoms with Crippen molar-refractivity contribution < 1.29 is 9.13 Å². The smallest absolute Gasteiger partial charge is 0.170 e. The lowest BCUT2D eigenvalue weighted by atomic mass is 10.2. The van der Waals surface area contributed by atoms with Crippen molar-refractivity contribution in [2.75, 3.05) is 31.2 Å². The maximum atomic E-state index is 14.0. The summed E-state index contributed by atoms with van der Waals surface area (Å²) >= 11 is 5.67. The molecule has 1 aromatic heterocycles. The Bertz CT molecular complexity index is 349. The molecular weight excluding hydrogens is 243 g/mol. The zero-order valence-electron chi connectivity index (χ0n) is 10.2. The molecule has 0 aliphatic carbocycles. The number of halogens is 2. The van der Waals surface area contributed by atoms with Crippen LogP contribution >= 0.6 is 11.6 Å². The van der Waals surface area contributed by atoms with Gasteiger partial charge in [0, 0.05) is 31.5 Å². The van der Waals surface area contributed by atoms with Crippen molar-refractivity contribution in [1.29, 1.82) is 0 Å². The maximum Gasteiger partial charge on any atom is 0.170 e. The first-order chi connectivity index (χ1) is 8.24.